The van der Waals surface area contributed by atoms with Crippen LogP contribution in [0.5, 0.6) is 0 Å². The lowest BCUT2D eigenvalue weighted by Gasteiger charge is -2.32. The number of rotatable bonds is 3. The van der Waals surface area contributed by atoms with Gasteiger partial charge in [-0.2, -0.15) is 11.8 Å². The van der Waals surface area contributed by atoms with Crippen molar-refractivity contribution in [2.75, 3.05) is 12.8 Å². The van der Waals surface area contributed by atoms with Gasteiger partial charge >= 0.3 is 12.0 Å². The Morgan fingerprint density at radius 3 is 2.43 bits per heavy atom. The normalized spacial score (nSPS) is 30.5. The molecule has 1 aliphatic heterocycles. The van der Waals surface area contributed by atoms with Crippen molar-refractivity contribution in [2.45, 2.75) is 68.7 Å². The zero-order valence-electron chi connectivity index (χ0n) is 12.7. The molecule has 1 heterocycles. The molecule has 1 aliphatic carbocycles. The van der Waals surface area contributed by atoms with Crippen LogP contribution in [0, 0.1) is 0 Å². The first-order valence-electron chi connectivity index (χ1n) is 7.94. The highest BCUT2D eigenvalue weighted by Crippen LogP contribution is 2.27. The summed E-state index contributed by atoms with van der Waals surface area (Å²) < 4.78 is 0. The van der Waals surface area contributed by atoms with Crippen LogP contribution in [0.25, 0.3) is 0 Å². The first-order chi connectivity index (χ1) is 10.1. The number of hydrogen-bond acceptors (Lipinski definition) is 3. The number of carbonyl (C=O) groups excluding carboxylic acids is 1. The second kappa shape index (κ2) is 7.92. The number of carbonyl (C=O) groups is 2. The molecule has 0 aromatic rings. The van der Waals surface area contributed by atoms with Crippen molar-refractivity contribution in [2.24, 2.45) is 0 Å². The van der Waals surface area contributed by atoms with E-state index < -0.39 is 12.0 Å². The minimum Gasteiger partial charge on any atom is -0.480 e. The Hall–Kier alpha value is -0.910. The Bertz CT molecular complexity index is 370. The lowest BCUT2D eigenvalue weighted by Crippen LogP contribution is -2.52. The van der Waals surface area contributed by atoms with Gasteiger partial charge in [0.1, 0.15) is 6.04 Å². The van der Waals surface area contributed by atoms with Crippen LogP contribution in [0.3, 0.4) is 0 Å². The van der Waals surface area contributed by atoms with Gasteiger partial charge in [0.2, 0.25) is 0 Å². The maximum Gasteiger partial charge on any atom is 0.326 e. The van der Waals surface area contributed by atoms with Gasteiger partial charge in [-0.05, 0) is 44.8 Å². The van der Waals surface area contributed by atoms with Gasteiger partial charge in [-0.3, -0.25) is 0 Å². The van der Waals surface area contributed by atoms with Gasteiger partial charge in [0.25, 0.3) is 0 Å². The van der Waals surface area contributed by atoms with E-state index in [1.807, 2.05) is 11.8 Å². The summed E-state index contributed by atoms with van der Waals surface area (Å²) in [6, 6.07) is -0.634. The molecule has 2 amide bonds. The second-order valence-electron chi connectivity index (χ2n) is 6.06. The molecule has 2 N–H and O–H groups in total. The molecule has 120 valence electrons. The molecule has 1 saturated heterocycles. The van der Waals surface area contributed by atoms with Crippen molar-refractivity contribution in [3.63, 3.8) is 0 Å². The van der Waals surface area contributed by atoms with Gasteiger partial charge in [0.15, 0.2) is 0 Å². The first-order valence-corrected chi connectivity index (χ1v) is 9.23. The topological polar surface area (TPSA) is 69.6 Å². The number of thioether (sulfide) groups is 1. The fourth-order valence-corrected chi connectivity index (χ4v) is 4.05. The average molecular weight is 314 g/mol. The van der Waals surface area contributed by atoms with Gasteiger partial charge in [-0.25, -0.2) is 9.59 Å². The number of carboxylic acid groups (broad SMARTS) is 1. The lowest BCUT2D eigenvalue weighted by molar-refractivity contribution is -0.142. The van der Waals surface area contributed by atoms with Crippen LogP contribution >= 0.6 is 11.8 Å². The third-order valence-corrected chi connectivity index (χ3v) is 5.77. The van der Waals surface area contributed by atoms with Gasteiger partial charge in [-0.15, -0.1) is 0 Å². The molecule has 2 fully saturated rings. The zero-order chi connectivity index (χ0) is 15.2. The summed E-state index contributed by atoms with van der Waals surface area (Å²) in [4.78, 5) is 25.3. The van der Waals surface area contributed by atoms with Crippen LogP contribution in [0.1, 0.15) is 51.4 Å². The summed E-state index contributed by atoms with van der Waals surface area (Å²) in [5, 5.41) is 13.1. The molecule has 2 rings (SSSR count). The SMILES string of the molecule is CSC1CCC(NC(=O)N2CCCCCC2C(=O)O)CC1. The summed E-state index contributed by atoms with van der Waals surface area (Å²) in [6.45, 7) is 0.558. The van der Waals surface area contributed by atoms with E-state index in [1.54, 1.807) is 0 Å². The molecule has 6 heteroatoms. The molecule has 0 aromatic carbocycles. The van der Waals surface area contributed by atoms with Gasteiger partial charge < -0.3 is 15.3 Å². The highest BCUT2D eigenvalue weighted by molar-refractivity contribution is 7.99. The number of amides is 2. The Labute approximate surface area is 130 Å². The van der Waals surface area contributed by atoms with E-state index in [2.05, 4.69) is 11.6 Å². The summed E-state index contributed by atoms with van der Waals surface area (Å²) in [7, 11) is 0. The number of likely N-dealkylation sites (tertiary alicyclic amines) is 1. The van der Waals surface area contributed by atoms with Crippen molar-refractivity contribution >= 4 is 23.8 Å². The van der Waals surface area contributed by atoms with Crippen LogP contribution in [0.2, 0.25) is 0 Å². The first kappa shape index (κ1) is 16.5. The van der Waals surface area contributed by atoms with Crippen molar-refractivity contribution in [1.82, 2.24) is 10.2 Å². The van der Waals surface area contributed by atoms with E-state index in [-0.39, 0.29) is 12.1 Å². The third-order valence-electron chi connectivity index (χ3n) is 4.63. The maximum atomic E-state index is 12.4. The molecule has 1 saturated carbocycles. The number of aliphatic carboxylic acids is 1. The minimum absolute atomic E-state index is 0.183. The molecule has 1 unspecified atom stereocenters. The van der Waals surface area contributed by atoms with Crippen molar-refractivity contribution < 1.29 is 14.7 Å². The monoisotopic (exact) mass is 314 g/mol. The quantitative estimate of drug-likeness (QED) is 0.840. The molecule has 0 bridgehead atoms. The molecule has 0 spiro atoms. The van der Waals surface area contributed by atoms with Crippen molar-refractivity contribution in [1.29, 1.82) is 0 Å². The number of nitrogens with one attached hydrogen (secondary N) is 1. The van der Waals surface area contributed by atoms with Crippen LogP contribution in [-0.4, -0.2) is 52.1 Å². The van der Waals surface area contributed by atoms with Gasteiger partial charge in [-0.1, -0.05) is 12.8 Å². The van der Waals surface area contributed by atoms with E-state index >= 15 is 0 Å². The molecular formula is C15H26N2O3S. The van der Waals surface area contributed by atoms with E-state index in [0.717, 1.165) is 44.9 Å². The minimum atomic E-state index is -0.877. The molecular weight excluding hydrogens is 288 g/mol. The second-order valence-corrected chi connectivity index (χ2v) is 7.19. The summed E-state index contributed by atoms with van der Waals surface area (Å²) in [5.74, 6) is -0.877. The molecule has 0 aromatic heterocycles. The molecule has 5 nitrogen and oxygen atoms in total. The predicted molar refractivity (Wildman–Crippen MR) is 84.7 cm³/mol. The average Bonchev–Trinajstić information content (AvgIpc) is 2.74. The van der Waals surface area contributed by atoms with Crippen LogP contribution in [0.4, 0.5) is 4.79 Å². The zero-order valence-corrected chi connectivity index (χ0v) is 13.5. The van der Waals surface area contributed by atoms with E-state index in [4.69, 9.17) is 0 Å². The van der Waals surface area contributed by atoms with Crippen LogP contribution in [0.15, 0.2) is 0 Å². The fourth-order valence-electron chi connectivity index (χ4n) is 3.31. The summed E-state index contributed by atoms with van der Waals surface area (Å²) in [6.07, 6.45) is 9.78. The van der Waals surface area contributed by atoms with Crippen LogP contribution in [-0.2, 0) is 4.79 Å². The Morgan fingerprint density at radius 2 is 1.81 bits per heavy atom. The molecule has 2 aliphatic rings. The highest BCUT2D eigenvalue weighted by atomic mass is 32.2. The number of hydrogen-bond donors (Lipinski definition) is 2. The smallest absolute Gasteiger partial charge is 0.326 e. The predicted octanol–water partition coefficient (Wildman–Crippen LogP) is 2.70. The standard InChI is InChI=1S/C15H26N2O3S/c1-21-12-8-6-11(7-9-12)16-15(20)17-10-4-2-3-5-13(17)14(18)19/h11-13H,2-10H2,1H3,(H,16,20)(H,18,19). The molecule has 1 atom stereocenters. The van der Waals surface area contributed by atoms with Crippen molar-refractivity contribution in [3.05, 3.63) is 0 Å². The Morgan fingerprint density at radius 1 is 1.10 bits per heavy atom. The van der Waals surface area contributed by atoms with E-state index in [9.17, 15) is 14.7 Å². The van der Waals surface area contributed by atoms with Gasteiger partial charge in [0, 0.05) is 17.8 Å². The highest BCUT2D eigenvalue weighted by Gasteiger charge is 2.32. The van der Waals surface area contributed by atoms with E-state index in [0.29, 0.717) is 18.2 Å². The molecule has 21 heavy (non-hydrogen) atoms. The molecule has 0 radical (unpaired) electrons. The number of nitrogens with zero attached hydrogens (tertiary/aromatic N) is 1. The van der Waals surface area contributed by atoms with Gasteiger partial charge in [0.05, 0.1) is 0 Å². The maximum absolute atomic E-state index is 12.4. The van der Waals surface area contributed by atoms with Crippen molar-refractivity contribution in [3.8, 4) is 0 Å². The fraction of sp³-hybridized carbons (Fsp3) is 0.867. The Balaban J connectivity index is 1.90. The van der Waals surface area contributed by atoms with E-state index in [1.165, 1.54) is 4.90 Å². The van der Waals surface area contributed by atoms with Crippen LogP contribution < -0.4 is 5.32 Å². The number of carboxylic acids is 1. The Kier molecular flexibility index (Phi) is 6.21. The number of urea groups is 1. The third kappa shape index (κ3) is 4.53. The summed E-state index contributed by atoms with van der Waals surface area (Å²) in [5.41, 5.74) is 0. The largest absolute Gasteiger partial charge is 0.480 e. The lowest BCUT2D eigenvalue weighted by atomic mass is 9.95. The summed E-state index contributed by atoms with van der Waals surface area (Å²) >= 11 is 1.90.